The van der Waals surface area contributed by atoms with Crippen LogP contribution in [0.2, 0.25) is 0 Å². The molecular formula is C28H28FN3O2S2. The number of anilines is 2. The van der Waals surface area contributed by atoms with Gasteiger partial charge in [-0.2, -0.15) is 5.26 Å². The number of thioether (sulfide) groups is 1. The van der Waals surface area contributed by atoms with Crippen molar-refractivity contribution in [1.82, 2.24) is 0 Å². The molecule has 0 spiro atoms. The SMILES string of the molecule is CC(C)(C)C1CCc2c(sc(NC(=O)CSc3cccc(NC(=O)c4ccccc4F)c3)c2C#N)C1. The summed E-state index contributed by atoms with van der Waals surface area (Å²) in [7, 11) is 0. The van der Waals surface area contributed by atoms with E-state index in [4.69, 9.17) is 0 Å². The van der Waals surface area contributed by atoms with E-state index in [1.165, 1.54) is 46.2 Å². The van der Waals surface area contributed by atoms with Crippen LogP contribution in [0.4, 0.5) is 15.1 Å². The highest BCUT2D eigenvalue weighted by Crippen LogP contribution is 2.44. The Bertz CT molecular complexity index is 1340. The smallest absolute Gasteiger partial charge is 0.258 e. The summed E-state index contributed by atoms with van der Waals surface area (Å²) in [6.07, 6.45) is 2.86. The van der Waals surface area contributed by atoms with Crippen molar-refractivity contribution in [2.75, 3.05) is 16.4 Å². The summed E-state index contributed by atoms with van der Waals surface area (Å²) in [5.41, 5.74) is 2.37. The maximum atomic E-state index is 13.9. The zero-order chi connectivity index (χ0) is 25.9. The summed E-state index contributed by atoms with van der Waals surface area (Å²) < 4.78 is 13.9. The second-order valence-corrected chi connectivity index (χ2v) is 12.1. The lowest BCUT2D eigenvalue weighted by Gasteiger charge is -2.33. The standard InChI is InChI=1S/C28H28FN3O2S2/c1-28(2,3)17-11-12-20-22(15-30)27(36-24(20)13-17)32-25(33)16-35-19-8-6-7-18(14-19)31-26(34)21-9-4-5-10-23(21)29/h4-10,14,17H,11-13,16H2,1-3H3,(H,31,34)(H,32,33). The quantitative estimate of drug-likeness (QED) is 0.346. The number of benzene rings is 2. The third-order valence-electron chi connectivity index (χ3n) is 6.44. The molecule has 0 saturated carbocycles. The van der Waals surface area contributed by atoms with Gasteiger partial charge in [-0.05, 0) is 66.5 Å². The molecule has 0 aliphatic heterocycles. The van der Waals surface area contributed by atoms with Gasteiger partial charge in [-0.1, -0.05) is 39.0 Å². The molecule has 5 nitrogen and oxygen atoms in total. The lowest BCUT2D eigenvalue weighted by atomic mass is 9.72. The van der Waals surface area contributed by atoms with Gasteiger partial charge in [-0.25, -0.2) is 4.39 Å². The van der Waals surface area contributed by atoms with Gasteiger partial charge in [0.1, 0.15) is 16.9 Å². The number of thiophene rings is 1. The van der Waals surface area contributed by atoms with Gasteiger partial charge < -0.3 is 10.6 Å². The van der Waals surface area contributed by atoms with Gasteiger partial charge in [-0.3, -0.25) is 9.59 Å². The molecule has 186 valence electrons. The molecule has 2 amide bonds. The summed E-state index contributed by atoms with van der Waals surface area (Å²) in [6, 6.07) is 15.2. The van der Waals surface area contributed by atoms with Crippen molar-refractivity contribution >= 4 is 45.6 Å². The molecule has 2 N–H and O–H groups in total. The van der Waals surface area contributed by atoms with Gasteiger partial charge in [0.15, 0.2) is 0 Å². The van der Waals surface area contributed by atoms with Gasteiger partial charge >= 0.3 is 0 Å². The molecule has 0 fully saturated rings. The van der Waals surface area contributed by atoms with Gasteiger partial charge in [-0.15, -0.1) is 23.1 Å². The van der Waals surface area contributed by atoms with Crippen molar-refractivity contribution in [3.05, 3.63) is 75.9 Å². The predicted molar refractivity (Wildman–Crippen MR) is 144 cm³/mol. The number of nitriles is 1. The van der Waals surface area contributed by atoms with E-state index in [1.807, 2.05) is 6.07 Å². The summed E-state index contributed by atoms with van der Waals surface area (Å²) in [5, 5.41) is 16.0. The highest BCUT2D eigenvalue weighted by Gasteiger charge is 2.32. The second-order valence-electron chi connectivity index (χ2n) is 9.92. The molecule has 1 unspecified atom stereocenters. The molecule has 1 aliphatic rings. The molecule has 1 atom stereocenters. The number of halogens is 1. The van der Waals surface area contributed by atoms with Crippen molar-refractivity contribution in [2.45, 2.75) is 44.9 Å². The summed E-state index contributed by atoms with van der Waals surface area (Å²) in [5.74, 6) is -0.600. The molecule has 1 heterocycles. The number of hydrogen-bond donors (Lipinski definition) is 2. The maximum absolute atomic E-state index is 13.9. The minimum Gasteiger partial charge on any atom is -0.322 e. The molecule has 0 bridgehead atoms. The first-order chi connectivity index (χ1) is 17.2. The largest absolute Gasteiger partial charge is 0.322 e. The van der Waals surface area contributed by atoms with Crippen LogP contribution < -0.4 is 10.6 Å². The Hall–Kier alpha value is -3.15. The van der Waals surface area contributed by atoms with Crippen LogP contribution in [0, 0.1) is 28.5 Å². The minimum absolute atomic E-state index is 0.0318. The van der Waals surface area contributed by atoms with Crippen molar-refractivity contribution in [1.29, 1.82) is 5.26 Å². The monoisotopic (exact) mass is 521 g/mol. The number of nitrogens with zero attached hydrogens (tertiary/aromatic N) is 1. The van der Waals surface area contributed by atoms with Crippen LogP contribution in [0.3, 0.4) is 0 Å². The van der Waals surface area contributed by atoms with Crippen molar-refractivity contribution < 1.29 is 14.0 Å². The zero-order valence-corrected chi connectivity index (χ0v) is 22.1. The Kier molecular flexibility index (Phi) is 7.82. The van der Waals surface area contributed by atoms with E-state index < -0.39 is 11.7 Å². The van der Waals surface area contributed by atoms with E-state index in [0.29, 0.717) is 22.2 Å². The molecule has 2 aromatic carbocycles. The molecule has 3 aromatic rings. The Morgan fingerprint density at radius 2 is 1.94 bits per heavy atom. The van der Waals surface area contributed by atoms with E-state index in [9.17, 15) is 19.2 Å². The van der Waals surface area contributed by atoms with E-state index >= 15 is 0 Å². The number of fused-ring (bicyclic) bond motifs is 1. The summed E-state index contributed by atoms with van der Waals surface area (Å²) in [4.78, 5) is 27.1. The van der Waals surface area contributed by atoms with Crippen LogP contribution in [0.5, 0.6) is 0 Å². The first-order valence-electron chi connectivity index (χ1n) is 11.8. The third kappa shape index (κ3) is 5.97. The second kappa shape index (κ2) is 10.9. The number of carbonyl (C=O) groups is 2. The summed E-state index contributed by atoms with van der Waals surface area (Å²) in [6.45, 7) is 6.76. The fraction of sp³-hybridized carbons (Fsp3) is 0.321. The van der Waals surface area contributed by atoms with Gasteiger partial charge in [0, 0.05) is 15.5 Å². The Labute approximate surface area is 219 Å². The molecule has 0 radical (unpaired) electrons. The average Bonchev–Trinajstić information content (AvgIpc) is 3.18. The maximum Gasteiger partial charge on any atom is 0.258 e. The highest BCUT2D eigenvalue weighted by atomic mass is 32.2. The summed E-state index contributed by atoms with van der Waals surface area (Å²) >= 11 is 2.85. The molecule has 8 heteroatoms. The topological polar surface area (TPSA) is 82.0 Å². The van der Waals surface area contributed by atoms with Crippen LogP contribution in [0.25, 0.3) is 0 Å². The van der Waals surface area contributed by atoms with E-state index in [1.54, 1.807) is 24.3 Å². The molecule has 0 saturated heterocycles. The minimum atomic E-state index is -0.585. The predicted octanol–water partition coefficient (Wildman–Crippen LogP) is 6.89. The number of hydrogen-bond acceptors (Lipinski definition) is 5. The van der Waals surface area contributed by atoms with Gasteiger partial charge in [0.2, 0.25) is 5.91 Å². The number of nitrogens with one attached hydrogen (secondary N) is 2. The first-order valence-corrected chi connectivity index (χ1v) is 13.6. The van der Waals surface area contributed by atoms with Gasteiger partial charge in [0.25, 0.3) is 5.91 Å². The zero-order valence-electron chi connectivity index (χ0n) is 20.5. The Morgan fingerprint density at radius 1 is 1.17 bits per heavy atom. The van der Waals surface area contributed by atoms with Crippen LogP contribution >= 0.6 is 23.1 Å². The van der Waals surface area contributed by atoms with E-state index in [-0.39, 0.29) is 22.6 Å². The Balaban J connectivity index is 1.38. The molecule has 1 aliphatic carbocycles. The number of carbonyl (C=O) groups excluding carboxylic acids is 2. The molecular weight excluding hydrogens is 493 g/mol. The fourth-order valence-corrected chi connectivity index (χ4v) is 6.40. The number of rotatable bonds is 6. The lowest BCUT2D eigenvalue weighted by Crippen LogP contribution is -2.26. The third-order valence-corrected chi connectivity index (χ3v) is 8.60. The molecule has 36 heavy (non-hydrogen) atoms. The first kappa shape index (κ1) is 25.9. The molecule has 4 rings (SSSR count). The Morgan fingerprint density at radius 3 is 2.67 bits per heavy atom. The fourth-order valence-electron chi connectivity index (χ4n) is 4.35. The number of amides is 2. The van der Waals surface area contributed by atoms with E-state index in [2.05, 4.69) is 37.5 Å². The van der Waals surface area contributed by atoms with Crippen LogP contribution in [-0.4, -0.2) is 17.6 Å². The van der Waals surface area contributed by atoms with Gasteiger partial charge in [0.05, 0.1) is 16.9 Å². The van der Waals surface area contributed by atoms with Crippen molar-refractivity contribution in [3.8, 4) is 6.07 Å². The normalized spacial score (nSPS) is 15.0. The van der Waals surface area contributed by atoms with Crippen molar-refractivity contribution in [3.63, 3.8) is 0 Å². The molecule has 1 aromatic heterocycles. The van der Waals surface area contributed by atoms with Crippen LogP contribution in [-0.2, 0) is 17.6 Å². The van der Waals surface area contributed by atoms with Crippen LogP contribution in [0.15, 0.2) is 53.4 Å². The van der Waals surface area contributed by atoms with Crippen molar-refractivity contribution in [2.24, 2.45) is 11.3 Å². The highest BCUT2D eigenvalue weighted by molar-refractivity contribution is 8.00. The average molecular weight is 522 g/mol. The lowest BCUT2D eigenvalue weighted by molar-refractivity contribution is -0.113. The van der Waals surface area contributed by atoms with E-state index in [0.717, 1.165) is 29.7 Å². The van der Waals surface area contributed by atoms with Crippen LogP contribution in [0.1, 0.15) is 53.6 Å².